The van der Waals surface area contributed by atoms with E-state index in [9.17, 15) is 0 Å². The summed E-state index contributed by atoms with van der Waals surface area (Å²) in [5.74, 6) is 2.75. The zero-order valence-electron chi connectivity index (χ0n) is 21.6. The fraction of sp³-hybridized carbons (Fsp3) is 0.867. The van der Waals surface area contributed by atoms with Crippen LogP contribution in [-0.2, 0) is 0 Å². The van der Waals surface area contributed by atoms with Crippen molar-refractivity contribution in [1.29, 1.82) is 0 Å². The SMILES string of the molecule is CC(C)=CCCC(C)=C1CCC2(C)C1CCC1C3(C)CCCC(C)(C)C3CCC12C. The standard InChI is InChI=1S/C30H50/c1-21(2)11-9-12-22(3)23-15-19-29(7)24(23)13-14-26-28(6)18-10-17-27(4,5)25(28)16-20-30(26,29)8/h11,24-26H,9-10,12-20H2,1-8H3. The molecule has 4 aliphatic carbocycles. The molecule has 6 unspecified atom stereocenters. The first-order valence-corrected chi connectivity index (χ1v) is 13.3. The summed E-state index contributed by atoms with van der Waals surface area (Å²) in [5.41, 5.74) is 7.28. The van der Waals surface area contributed by atoms with Crippen LogP contribution in [0.15, 0.2) is 22.8 Å². The third kappa shape index (κ3) is 3.21. The van der Waals surface area contributed by atoms with E-state index in [0.29, 0.717) is 21.7 Å². The summed E-state index contributed by atoms with van der Waals surface area (Å²) in [4.78, 5) is 0. The highest BCUT2D eigenvalue weighted by Crippen LogP contribution is 2.75. The molecule has 0 saturated heterocycles. The average molecular weight is 411 g/mol. The first-order chi connectivity index (χ1) is 14.0. The fourth-order valence-electron chi connectivity index (χ4n) is 9.87. The Balaban J connectivity index is 1.64. The van der Waals surface area contributed by atoms with Gasteiger partial charge in [-0.3, -0.25) is 0 Å². The second kappa shape index (κ2) is 7.52. The summed E-state index contributed by atoms with van der Waals surface area (Å²) in [6, 6.07) is 0. The number of hydrogen-bond acceptors (Lipinski definition) is 0. The monoisotopic (exact) mass is 410 g/mol. The van der Waals surface area contributed by atoms with Crippen molar-refractivity contribution in [1.82, 2.24) is 0 Å². The van der Waals surface area contributed by atoms with Gasteiger partial charge in [-0.05, 0) is 124 Å². The molecule has 0 amide bonds. The van der Waals surface area contributed by atoms with Crippen LogP contribution in [0.1, 0.15) is 126 Å². The van der Waals surface area contributed by atoms with Crippen LogP contribution in [0.3, 0.4) is 0 Å². The normalized spacial score (nSPS) is 46.5. The molecule has 0 aromatic carbocycles. The molecule has 0 aliphatic heterocycles. The van der Waals surface area contributed by atoms with Crippen molar-refractivity contribution in [2.75, 3.05) is 0 Å². The van der Waals surface area contributed by atoms with Gasteiger partial charge in [0, 0.05) is 0 Å². The molecule has 0 nitrogen and oxygen atoms in total. The van der Waals surface area contributed by atoms with Crippen molar-refractivity contribution in [3.8, 4) is 0 Å². The molecule has 4 aliphatic rings. The molecule has 0 radical (unpaired) electrons. The summed E-state index contributed by atoms with van der Waals surface area (Å²) in [5, 5.41) is 0. The van der Waals surface area contributed by atoms with Crippen LogP contribution in [0.5, 0.6) is 0 Å². The summed E-state index contributed by atoms with van der Waals surface area (Å²) in [7, 11) is 0. The number of allylic oxidation sites excluding steroid dienone is 4. The lowest BCUT2D eigenvalue weighted by Crippen LogP contribution is -2.61. The molecule has 6 atom stereocenters. The predicted molar refractivity (Wildman–Crippen MR) is 131 cm³/mol. The summed E-state index contributed by atoms with van der Waals surface area (Å²) >= 11 is 0. The molecule has 30 heavy (non-hydrogen) atoms. The van der Waals surface area contributed by atoms with Gasteiger partial charge in [-0.2, -0.15) is 0 Å². The van der Waals surface area contributed by atoms with Gasteiger partial charge < -0.3 is 0 Å². The lowest BCUT2D eigenvalue weighted by molar-refractivity contribution is -0.197. The third-order valence-corrected chi connectivity index (χ3v) is 11.6. The Hall–Kier alpha value is -0.520. The van der Waals surface area contributed by atoms with E-state index in [2.05, 4.69) is 61.5 Å². The van der Waals surface area contributed by atoms with Crippen LogP contribution in [0.4, 0.5) is 0 Å². The molecule has 4 saturated carbocycles. The molecule has 0 heterocycles. The Labute approximate surface area is 188 Å². The van der Waals surface area contributed by atoms with E-state index in [1.54, 1.807) is 5.57 Å². The van der Waals surface area contributed by atoms with Crippen molar-refractivity contribution in [2.45, 2.75) is 126 Å². The van der Waals surface area contributed by atoms with Gasteiger partial charge in [0.25, 0.3) is 0 Å². The minimum atomic E-state index is 0.526. The van der Waals surface area contributed by atoms with Crippen LogP contribution < -0.4 is 0 Å². The Morgan fingerprint density at radius 2 is 1.57 bits per heavy atom. The first kappa shape index (κ1) is 22.7. The highest BCUT2D eigenvalue weighted by atomic mass is 14.7. The number of hydrogen-bond donors (Lipinski definition) is 0. The molecule has 0 heteroatoms. The van der Waals surface area contributed by atoms with Gasteiger partial charge in [0.2, 0.25) is 0 Å². The highest BCUT2D eigenvalue weighted by molar-refractivity contribution is 5.29. The molecule has 4 fully saturated rings. The van der Waals surface area contributed by atoms with Gasteiger partial charge in [0.05, 0.1) is 0 Å². The average Bonchev–Trinajstić information content (AvgIpc) is 2.99. The van der Waals surface area contributed by atoms with Crippen LogP contribution in [0, 0.1) is 39.4 Å². The van der Waals surface area contributed by atoms with Gasteiger partial charge in [-0.15, -0.1) is 0 Å². The van der Waals surface area contributed by atoms with Crippen LogP contribution in [0.2, 0.25) is 0 Å². The fourth-order valence-corrected chi connectivity index (χ4v) is 9.87. The van der Waals surface area contributed by atoms with E-state index in [1.807, 2.05) is 5.57 Å². The van der Waals surface area contributed by atoms with Gasteiger partial charge in [0.1, 0.15) is 0 Å². The molecule has 170 valence electrons. The topological polar surface area (TPSA) is 0 Å². The summed E-state index contributed by atoms with van der Waals surface area (Å²) in [6.45, 7) is 20.4. The largest absolute Gasteiger partial charge is 0.0856 e. The van der Waals surface area contributed by atoms with Crippen molar-refractivity contribution in [2.24, 2.45) is 39.4 Å². The molecule has 0 bridgehead atoms. The van der Waals surface area contributed by atoms with Gasteiger partial charge >= 0.3 is 0 Å². The Morgan fingerprint density at radius 1 is 0.833 bits per heavy atom. The van der Waals surface area contributed by atoms with E-state index in [4.69, 9.17) is 0 Å². The van der Waals surface area contributed by atoms with Crippen molar-refractivity contribution < 1.29 is 0 Å². The van der Waals surface area contributed by atoms with Crippen molar-refractivity contribution >= 4 is 0 Å². The third-order valence-electron chi connectivity index (χ3n) is 11.6. The number of fused-ring (bicyclic) bond motifs is 5. The smallest absolute Gasteiger partial charge is 0.0141 e. The van der Waals surface area contributed by atoms with E-state index in [1.165, 1.54) is 76.2 Å². The predicted octanol–water partition coefficient (Wildman–Crippen LogP) is 9.51. The van der Waals surface area contributed by atoms with Crippen LogP contribution >= 0.6 is 0 Å². The van der Waals surface area contributed by atoms with E-state index >= 15 is 0 Å². The number of rotatable bonds is 3. The minimum Gasteiger partial charge on any atom is -0.0856 e. The summed E-state index contributed by atoms with van der Waals surface area (Å²) in [6.07, 6.45) is 18.1. The van der Waals surface area contributed by atoms with Crippen LogP contribution in [0.25, 0.3) is 0 Å². The molecule has 4 rings (SSSR count). The molecule has 0 spiro atoms. The van der Waals surface area contributed by atoms with Gasteiger partial charge in [-0.25, -0.2) is 0 Å². The lowest BCUT2D eigenvalue weighted by Gasteiger charge is -2.69. The first-order valence-electron chi connectivity index (χ1n) is 13.3. The minimum absolute atomic E-state index is 0.526. The molecule has 0 aromatic heterocycles. The molecule has 0 N–H and O–H groups in total. The second-order valence-corrected chi connectivity index (χ2v) is 13.6. The second-order valence-electron chi connectivity index (χ2n) is 13.6. The maximum Gasteiger partial charge on any atom is -0.0141 e. The van der Waals surface area contributed by atoms with Gasteiger partial charge in [0.15, 0.2) is 0 Å². The van der Waals surface area contributed by atoms with Gasteiger partial charge in [-0.1, -0.05) is 63.8 Å². The van der Waals surface area contributed by atoms with Crippen LogP contribution in [-0.4, -0.2) is 0 Å². The highest BCUT2D eigenvalue weighted by Gasteiger charge is 2.66. The zero-order chi connectivity index (χ0) is 21.9. The Kier molecular flexibility index (Phi) is 5.68. The quantitative estimate of drug-likeness (QED) is 0.406. The Morgan fingerprint density at radius 3 is 2.27 bits per heavy atom. The molecule has 0 aromatic rings. The van der Waals surface area contributed by atoms with Crippen molar-refractivity contribution in [3.05, 3.63) is 22.8 Å². The van der Waals surface area contributed by atoms with E-state index in [0.717, 1.165) is 17.8 Å². The zero-order valence-corrected chi connectivity index (χ0v) is 21.6. The maximum absolute atomic E-state index is 2.76. The van der Waals surface area contributed by atoms with E-state index in [-0.39, 0.29) is 0 Å². The Bertz CT molecular complexity index is 731. The van der Waals surface area contributed by atoms with Crippen molar-refractivity contribution in [3.63, 3.8) is 0 Å². The molecular weight excluding hydrogens is 360 g/mol. The molecular formula is C30H50. The summed E-state index contributed by atoms with van der Waals surface area (Å²) < 4.78 is 0. The maximum atomic E-state index is 2.76. The lowest BCUT2D eigenvalue weighted by atomic mass is 9.36. The van der Waals surface area contributed by atoms with E-state index < -0.39 is 0 Å².